The first-order chi connectivity index (χ1) is 20.0. The molecular weight excluding hydrogens is 574 g/mol. The first kappa shape index (κ1) is 32.1. The number of halogens is 6. The molecular formula is C32H32F6N2O3. The number of benzene rings is 3. The molecule has 0 aliphatic carbocycles. The standard InChI is InChI=1S/C32H32F6N2O3/c1-17-12-22(33)7-8-23(17)24-15-18(25-9-10-26(39-25)29(41)43-5)6-11-27(24)40(4)30(42)31(2,3)20-13-19(28(34)35)14-21(16-20)32(36,37)38/h6-8,11-16,25-26,28,39H,9-10H2,1-5H3/t25-,26+/m1/s1. The van der Waals surface area contributed by atoms with Crippen LogP contribution in [0.3, 0.4) is 0 Å². The quantitative estimate of drug-likeness (QED) is 0.222. The zero-order valence-electron chi connectivity index (χ0n) is 24.3. The molecule has 4 rings (SSSR count). The van der Waals surface area contributed by atoms with Crippen LogP contribution < -0.4 is 10.2 Å². The van der Waals surface area contributed by atoms with E-state index in [1.807, 2.05) is 6.07 Å². The number of nitrogens with one attached hydrogen (secondary N) is 1. The van der Waals surface area contributed by atoms with E-state index in [2.05, 4.69) is 5.32 Å². The number of likely N-dealkylation sites (N-methyl/N-ethyl adjacent to an activating group) is 1. The van der Waals surface area contributed by atoms with Gasteiger partial charge in [0.05, 0.1) is 23.8 Å². The average molecular weight is 607 g/mol. The molecule has 1 saturated heterocycles. The molecule has 230 valence electrons. The molecule has 1 fully saturated rings. The van der Waals surface area contributed by atoms with E-state index in [9.17, 15) is 35.9 Å². The Kier molecular flexibility index (Phi) is 8.97. The first-order valence-corrected chi connectivity index (χ1v) is 13.6. The SMILES string of the molecule is COC(=O)[C@@H]1CC[C@H](c2ccc(N(C)C(=O)C(C)(C)c3cc(C(F)F)cc(C(F)(F)F)c3)c(-c3ccc(F)cc3C)c2)N1. The maximum atomic E-state index is 14.0. The minimum atomic E-state index is -4.89. The molecule has 1 heterocycles. The van der Waals surface area contributed by atoms with E-state index < -0.39 is 46.9 Å². The van der Waals surface area contributed by atoms with Gasteiger partial charge in [-0.25, -0.2) is 13.2 Å². The summed E-state index contributed by atoms with van der Waals surface area (Å²) in [6.07, 6.45) is -6.89. The van der Waals surface area contributed by atoms with Gasteiger partial charge in [0.15, 0.2) is 0 Å². The van der Waals surface area contributed by atoms with Crippen LogP contribution >= 0.6 is 0 Å². The molecule has 1 aliphatic heterocycles. The van der Waals surface area contributed by atoms with Gasteiger partial charge in [-0.05, 0) is 98.3 Å². The van der Waals surface area contributed by atoms with Crippen molar-refractivity contribution in [2.75, 3.05) is 19.1 Å². The molecule has 0 aromatic heterocycles. The summed E-state index contributed by atoms with van der Waals surface area (Å²) < 4.78 is 86.8. The molecule has 1 aliphatic rings. The number of anilines is 1. The van der Waals surface area contributed by atoms with Crippen LogP contribution in [0.1, 0.15) is 67.0 Å². The molecule has 1 amide bonds. The second-order valence-electron chi connectivity index (χ2n) is 11.2. The van der Waals surface area contributed by atoms with Crippen LogP contribution in [0.15, 0.2) is 54.6 Å². The van der Waals surface area contributed by atoms with Gasteiger partial charge in [-0.2, -0.15) is 13.2 Å². The number of carbonyl (C=O) groups is 2. The van der Waals surface area contributed by atoms with E-state index in [4.69, 9.17) is 4.74 Å². The van der Waals surface area contributed by atoms with E-state index in [1.54, 1.807) is 25.1 Å². The molecule has 0 spiro atoms. The Labute approximate surface area is 245 Å². The molecule has 3 aromatic carbocycles. The molecule has 0 bridgehead atoms. The highest BCUT2D eigenvalue weighted by Gasteiger charge is 2.39. The summed E-state index contributed by atoms with van der Waals surface area (Å²) in [6, 6.07) is 10.8. The molecule has 3 aromatic rings. The summed E-state index contributed by atoms with van der Waals surface area (Å²) in [4.78, 5) is 27.3. The van der Waals surface area contributed by atoms with Gasteiger partial charge in [0, 0.05) is 24.2 Å². The van der Waals surface area contributed by atoms with E-state index in [1.165, 1.54) is 45.0 Å². The third kappa shape index (κ3) is 6.56. The molecule has 11 heteroatoms. The predicted octanol–water partition coefficient (Wildman–Crippen LogP) is 7.66. The average Bonchev–Trinajstić information content (AvgIpc) is 3.45. The summed E-state index contributed by atoms with van der Waals surface area (Å²) in [5, 5.41) is 3.24. The lowest BCUT2D eigenvalue weighted by atomic mass is 9.81. The second-order valence-corrected chi connectivity index (χ2v) is 11.2. The normalized spacial score (nSPS) is 17.3. The van der Waals surface area contributed by atoms with Gasteiger partial charge in [-0.15, -0.1) is 0 Å². The maximum absolute atomic E-state index is 14.0. The Morgan fingerprint density at radius 1 is 0.953 bits per heavy atom. The number of ether oxygens (including phenoxy) is 1. The number of rotatable bonds is 7. The number of hydrogen-bond acceptors (Lipinski definition) is 4. The van der Waals surface area contributed by atoms with Gasteiger partial charge in [0.2, 0.25) is 5.91 Å². The van der Waals surface area contributed by atoms with Gasteiger partial charge in [-0.3, -0.25) is 14.9 Å². The molecule has 1 N–H and O–H groups in total. The summed E-state index contributed by atoms with van der Waals surface area (Å²) in [5.41, 5.74) is -1.07. The van der Waals surface area contributed by atoms with Crippen LogP contribution in [0, 0.1) is 12.7 Å². The second kappa shape index (κ2) is 12.0. The molecule has 0 radical (unpaired) electrons. The summed E-state index contributed by atoms with van der Waals surface area (Å²) in [6.45, 7) is 4.46. The lowest BCUT2D eigenvalue weighted by Crippen LogP contribution is -2.42. The van der Waals surface area contributed by atoms with Crippen LogP contribution in [0.2, 0.25) is 0 Å². The third-order valence-corrected chi connectivity index (χ3v) is 7.99. The molecule has 0 saturated carbocycles. The highest BCUT2D eigenvalue weighted by Crippen LogP contribution is 2.41. The van der Waals surface area contributed by atoms with Crippen molar-refractivity contribution in [3.05, 3.63) is 88.2 Å². The lowest BCUT2D eigenvalue weighted by Gasteiger charge is -2.32. The van der Waals surface area contributed by atoms with Gasteiger partial charge in [0.1, 0.15) is 11.9 Å². The van der Waals surface area contributed by atoms with Crippen molar-refractivity contribution in [3.63, 3.8) is 0 Å². The Morgan fingerprint density at radius 2 is 1.63 bits per heavy atom. The predicted molar refractivity (Wildman–Crippen MR) is 150 cm³/mol. The van der Waals surface area contributed by atoms with Gasteiger partial charge in [-0.1, -0.05) is 12.1 Å². The Balaban J connectivity index is 1.79. The number of alkyl halides is 5. The number of methoxy groups -OCH3 is 1. The van der Waals surface area contributed by atoms with Crippen molar-refractivity contribution < 1.29 is 40.7 Å². The maximum Gasteiger partial charge on any atom is 0.416 e. The highest BCUT2D eigenvalue weighted by atomic mass is 19.4. The fourth-order valence-electron chi connectivity index (χ4n) is 5.50. The van der Waals surface area contributed by atoms with Crippen molar-refractivity contribution in [1.82, 2.24) is 5.32 Å². The van der Waals surface area contributed by atoms with Crippen molar-refractivity contribution in [3.8, 4) is 11.1 Å². The smallest absolute Gasteiger partial charge is 0.416 e. The number of amides is 1. The van der Waals surface area contributed by atoms with Crippen LogP contribution in [0.5, 0.6) is 0 Å². The van der Waals surface area contributed by atoms with E-state index in [0.717, 1.165) is 17.7 Å². The van der Waals surface area contributed by atoms with Crippen molar-refractivity contribution in [2.24, 2.45) is 0 Å². The number of hydrogen-bond donors (Lipinski definition) is 1. The fourth-order valence-corrected chi connectivity index (χ4v) is 5.50. The first-order valence-electron chi connectivity index (χ1n) is 13.6. The van der Waals surface area contributed by atoms with Crippen molar-refractivity contribution >= 4 is 17.6 Å². The van der Waals surface area contributed by atoms with Crippen molar-refractivity contribution in [1.29, 1.82) is 0 Å². The molecule has 0 unspecified atom stereocenters. The van der Waals surface area contributed by atoms with E-state index >= 15 is 0 Å². The fraction of sp³-hybridized carbons (Fsp3) is 0.375. The number of aryl methyl sites for hydroxylation is 1. The zero-order chi connectivity index (χ0) is 31.9. The Hall–Kier alpha value is -3.86. The van der Waals surface area contributed by atoms with Crippen LogP contribution in [0.25, 0.3) is 11.1 Å². The molecule has 43 heavy (non-hydrogen) atoms. The summed E-state index contributed by atoms with van der Waals surface area (Å²) >= 11 is 0. The van der Waals surface area contributed by atoms with Gasteiger partial charge in [0.25, 0.3) is 6.43 Å². The van der Waals surface area contributed by atoms with Crippen LogP contribution in [-0.2, 0) is 25.9 Å². The van der Waals surface area contributed by atoms with Crippen LogP contribution in [-0.4, -0.2) is 32.1 Å². The van der Waals surface area contributed by atoms with Gasteiger partial charge < -0.3 is 9.64 Å². The largest absolute Gasteiger partial charge is 0.468 e. The Bertz CT molecular complexity index is 1540. The number of nitrogens with zero attached hydrogens (tertiary/aromatic N) is 1. The lowest BCUT2D eigenvalue weighted by molar-refractivity contribution is -0.142. The zero-order valence-corrected chi connectivity index (χ0v) is 24.3. The van der Waals surface area contributed by atoms with Crippen molar-refractivity contribution in [2.45, 2.75) is 63.7 Å². The highest BCUT2D eigenvalue weighted by molar-refractivity contribution is 6.03. The topological polar surface area (TPSA) is 58.6 Å². The summed E-state index contributed by atoms with van der Waals surface area (Å²) in [5.74, 6) is -1.49. The monoisotopic (exact) mass is 606 g/mol. The minimum Gasteiger partial charge on any atom is -0.468 e. The number of carbonyl (C=O) groups excluding carboxylic acids is 2. The third-order valence-electron chi connectivity index (χ3n) is 7.99. The minimum absolute atomic E-state index is 0.213. The summed E-state index contributed by atoms with van der Waals surface area (Å²) in [7, 11) is 2.76. The van der Waals surface area contributed by atoms with Gasteiger partial charge >= 0.3 is 12.1 Å². The van der Waals surface area contributed by atoms with E-state index in [0.29, 0.717) is 41.3 Å². The molecule has 2 atom stereocenters. The van der Waals surface area contributed by atoms with E-state index in [-0.39, 0.29) is 17.6 Å². The Morgan fingerprint density at radius 3 is 2.23 bits per heavy atom. The van der Waals surface area contributed by atoms with Crippen LogP contribution in [0.4, 0.5) is 32.0 Å². The number of esters is 1. The molecule has 5 nitrogen and oxygen atoms in total.